The lowest BCUT2D eigenvalue weighted by molar-refractivity contribution is 0.674. The van der Waals surface area contributed by atoms with Crippen LogP contribution >= 0.6 is 22.9 Å². The van der Waals surface area contributed by atoms with Crippen LogP contribution in [0.4, 0.5) is 0 Å². The molecule has 2 aromatic heterocycles. The Morgan fingerprint density at radius 2 is 2.25 bits per heavy atom. The van der Waals surface area contributed by atoms with Crippen molar-refractivity contribution in [2.75, 3.05) is 6.54 Å². The van der Waals surface area contributed by atoms with Crippen molar-refractivity contribution in [1.29, 1.82) is 0 Å². The SMILES string of the molecule is Cc1nc(C)c(CCNCc2csnn2)s1. The maximum absolute atomic E-state index is 4.41. The monoisotopic (exact) mass is 254 g/mol. The molecule has 0 spiro atoms. The summed E-state index contributed by atoms with van der Waals surface area (Å²) in [6.45, 7) is 5.88. The number of aromatic nitrogens is 3. The van der Waals surface area contributed by atoms with E-state index < -0.39 is 0 Å². The highest BCUT2D eigenvalue weighted by Gasteiger charge is 2.04. The number of rotatable bonds is 5. The number of nitrogens with zero attached hydrogens (tertiary/aromatic N) is 3. The minimum atomic E-state index is 0.799. The van der Waals surface area contributed by atoms with Crippen LogP contribution in [0.15, 0.2) is 5.38 Å². The third-order valence-corrected chi connectivity index (χ3v) is 3.93. The first-order chi connectivity index (χ1) is 7.75. The standard InChI is InChI=1S/C10H14N4S2/c1-7-10(16-8(2)12-7)3-4-11-5-9-6-15-14-13-9/h6,11H,3-5H2,1-2H3. The summed E-state index contributed by atoms with van der Waals surface area (Å²) in [6, 6.07) is 0. The molecule has 0 fully saturated rings. The molecule has 2 aromatic rings. The molecule has 0 amide bonds. The Labute approximate surface area is 103 Å². The quantitative estimate of drug-likeness (QED) is 0.829. The second-order valence-electron chi connectivity index (χ2n) is 3.56. The third-order valence-electron chi connectivity index (χ3n) is 2.24. The highest BCUT2D eigenvalue weighted by Crippen LogP contribution is 2.17. The molecule has 0 unspecified atom stereocenters. The summed E-state index contributed by atoms with van der Waals surface area (Å²) in [5.41, 5.74) is 2.18. The highest BCUT2D eigenvalue weighted by molar-refractivity contribution is 7.11. The fraction of sp³-hybridized carbons (Fsp3) is 0.500. The molecule has 2 rings (SSSR count). The van der Waals surface area contributed by atoms with Gasteiger partial charge in [-0.05, 0) is 31.8 Å². The smallest absolute Gasteiger partial charge is 0.0900 e. The molecule has 4 nitrogen and oxygen atoms in total. The second kappa shape index (κ2) is 5.47. The third kappa shape index (κ3) is 3.07. The Balaban J connectivity index is 1.74. The molecule has 2 heterocycles. The summed E-state index contributed by atoms with van der Waals surface area (Å²) in [7, 11) is 0. The number of hydrogen-bond acceptors (Lipinski definition) is 6. The maximum atomic E-state index is 4.41. The van der Waals surface area contributed by atoms with E-state index in [0.717, 1.165) is 30.2 Å². The van der Waals surface area contributed by atoms with E-state index in [-0.39, 0.29) is 0 Å². The van der Waals surface area contributed by atoms with Gasteiger partial charge in [-0.25, -0.2) is 4.98 Å². The molecule has 0 bridgehead atoms. The van der Waals surface area contributed by atoms with Crippen molar-refractivity contribution in [1.82, 2.24) is 19.9 Å². The highest BCUT2D eigenvalue weighted by atomic mass is 32.1. The first-order valence-corrected chi connectivity index (χ1v) is 6.80. The zero-order valence-corrected chi connectivity index (χ0v) is 11.0. The first-order valence-electron chi connectivity index (χ1n) is 5.15. The second-order valence-corrected chi connectivity index (χ2v) is 5.46. The fourth-order valence-corrected chi connectivity index (χ4v) is 2.87. The lowest BCUT2D eigenvalue weighted by atomic mass is 10.3. The first kappa shape index (κ1) is 11.6. The van der Waals surface area contributed by atoms with E-state index in [2.05, 4.69) is 33.7 Å². The van der Waals surface area contributed by atoms with Gasteiger partial charge in [0.25, 0.3) is 0 Å². The summed E-state index contributed by atoms with van der Waals surface area (Å²) in [5.74, 6) is 0. The summed E-state index contributed by atoms with van der Waals surface area (Å²) in [6.07, 6.45) is 1.04. The van der Waals surface area contributed by atoms with Gasteiger partial charge in [0.2, 0.25) is 0 Å². The van der Waals surface area contributed by atoms with Gasteiger partial charge in [-0.1, -0.05) is 4.49 Å². The molecule has 1 N–H and O–H groups in total. The van der Waals surface area contributed by atoms with Crippen molar-refractivity contribution in [3.8, 4) is 0 Å². The van der Waals surface area contributed by atoms with E-state index in [1.165, 1.54) is 22.1 Å². The van der Waals surface area contributed by atoms with Gasteiger partial charge in [0, 0.05) is 23.3 Å². The maximum Gasteiger partial charge on any atom is 0.0900 e. The van der Waals surface area contributed by atoms with Crippen LogP contribution in [0.5, 0.6) is 0 Å². The molecule has 6 heteroatoms. The summed E-state index contributed by atoms with van der Waals surface area (Å²) < 4.78 is 3.82. The number of nitrogens with one attached hydrogen (secondary N) is 1. The van der Waals surface area contributed by atoms with E-state index >= 15 is 0 Å². The van der Waals surface area contributed by atoms with Crippen LogP contribution < -0.4 is 5.32 Å². The predicted octanol–water partition coefficient (Wildman–Crippen LogP) is 1.94. The van der Waals surface area contributed by atoms with Crippen molar-refractivity contribution in [3.63, 3.8) is 0 Å². The van der Waals surface area contributed by atoms with Crippen LogP contribution in [-0.2, 0) is 13.0 Å². The Kier molecular flexibility index (Phi) is 3.98. The van der Waals surface area contributed by atoms with Gasteiger partial charge in [0.05, 0.1) is 16.4 Å². The molecule has 0 aliphatic carbocycles. The average molecular weight is 254 g/mol. The Morgan fingerprint density at radius 1 is 1.38 bits per heavy atom. The van der Waals surface area contributed by atoms with E-state index in [0.29, 0.717) is 0 Å². The summed E-state index contributed by atoms with van der Waals surface area (Å²) in [5, 5.41) is 10.5. The summed E-state index contributed by atoms with van der Waals surface area (Å²) in [4.78, 5) is 5.79. The van der Waals surface area contributed by atoms with Gasteiger partial charge < -0.3 is 5.32 Å². The van der Waals surface area contributed by atoms with Crippen molar-refractivity contribution in [2.45, 2.75) is 26.8 Å². The largest absolute Gasteiger partial charge is 0.311 e. The van der Waals surface area contributed by atoms with Crippen LogP contribution in [-0.4, -0.2) is 21.1 Å². The fourth-order valence-electron chi connectivity index (χ4n) is 1.48. The lowest BCUT2D eigenvalue weighted by Gasteiger charge is -2.00. The number of aryl methyl sites for hydroxylation is 2. The Hall–Kier alpha value is -0.850. The Bertz CT molecular complexity index is 436. The van der Waals surface area contributed by atoms with E-state index in [1.54, 1.807) is 11.3 Å². The molecule has 86 valence electrons. The molecular formula is C10H14N4S2. The minimum Gasteiger partial charge on any atom is -0.311 e. The van der Waals surface area contributed by atoms with Gasteiger partial charge in [-0.15, -0.1) is 16.4 Å². The zero-order chi connectivity index (χ0) is 11.4. The molecule has 0 atom stereocenters. The van der Waals surface area contributed by atoms with Crippen molar-refractivity contribution in [2.24, 2.45) is 0 Å². The number of hydrogen-bond donors (Lipinski definition) is 1. The molecule has 0 saturated carbocycles. The topological polar surface area (TPSA) is 50.7 Å². The van der Waals surface area contributed by atoms with Gasteiger partial charge >= 0.3 is 0 Å². The van der Waals surface area contributed by atoms with Crippen molar-refractivity contribution >= 4 is 22.9 Å². The lowest BCUT2D eigenvalue weighted by Crippen LogP contribution is -2.16. The number of thiazole rings is 1. The molecule has 0 saturated heterocycles. The van der Waals surface area contributed by atoms with Gasteiger partial charge in [-0.3, -0.25) is 0 Å². The van der Waals surface area contributed by atoms with Crippen molar-refractivity contribution in [3.05, 3.63) is 26.7 Å². The van der Waals surface area contributed by atoms with Gasteiger partial charge in [0.15, 0.2) is 0 Å². The van der Waals surface area contributed by atoms with Crippen LogP contribution in [0.25, 0.3) is 0 Å². The van der Waals surface area contributed by atoms with Gasteiger partial charge in [-0.2, -0.15) is 0 Å². The van der Waals surface area contributed by atoms with E-state index in [1.807, 2.05) is 5.38 Å². The predicted molar refractivity (Wildman–Crippen MR) is 66.9 cm³/mol. The minimum absolute atomic E-state index is 0.799. The van der Waals surface area contributed by atoms with Gasteiger partial charge in [0.1, 0.15) is 0 Å². The van der Waals surface area contributed by atoms with Crippen LogP contribution in [0.2, 0.25) is 0 Å². The van der Waals surface area contributed by atoms with Crippen LogP contribution in [0.1, 0.15) is 21.3 Å². The molecule has 0 radical (unpaired) electrons. The average Bonchev–Trinajstić information content (AvgIpc) is 2.84. The summed E-state index contributed by atoms with van der Waals surface area (Å²) >= 11 is 3.18. The molecule has 0 aromatic carbocycles. The molecule has 0 aliphatic heterocycles. The van der Waals surface area contributed by atoms with E-state index in [4.69, 9.17) is 0 Å². The molecular weight excluding hydrogens is 240 g/mol. The normalized spacial score (nSPS) is 10.9. The zero-order valence-electron chi connectivity index (χ0n) is 9.36. The molecule has 0 aliphatic rings. The van der Waals surface area contributed by atoms with Crippen LogP contribution in [0.3, 0.4) is 0 Å². The Morgan fingerprint density at radius 3 is 2.88 bits per heavy atom. The molecule has 16 heavy (non-hydrogen) atoms. The van der Waals surface area contributed by atoms with Crippen LogP contribution in [0, 0.1) is 13.8 Å². The van der Waals surface area contributed by atoms with Crippen molar-refractivity contribution < 1.29 is 0 Å². The van der Waals surface area contributed by atoms with E-state index in [9.17, 15) is 0 Å².